The van der Waals surface area contributed by atoms with Crippen molar-refractivity contribution in [3.8, 4) is 0 Å². The molecule has 3 aliphatic heterocycles. The molecule has 3 aliphatic rings. The molecule has 8 heteroatoms. The standard InChI is InChI=1S/C21H32N4O3S/c1-2-22-21(24-19-14-17-9-10-20(19)28-17)23-15-16-7-6-8-18(13-16)29(26,27)25-11-4-3-5-12-25/h6-8,13,17,19-20H,2-5,9-12,14-15H2,1H3,(H2,22,23,24). The zero-order valence-corrected chi connectivity index (χ0v) is 18.0. The number of rotatable bonds is 6. The number of fused-ring (bicyclic) bond motifs is 2. The van der Waals surface area contributed by atoms with Gasteiger partial charge in [0, 0.05) is 19.6 Å². The average molecular weight is 421 g/mol. The van der Waals surface area contributed by atoms with Gasteiger partial charge in [-0.05, 0) is 56.7 Å². The van der Waals surface area contributed by atoms with Crippen LogP contribution in [0.2, 0.25) is 0 Å². The molecule has 29 heavy (non-hydrogen) atoms. The van der Waals surface area contributed by atoms with Crippen LogP contribution in [0.4, 0.5) is 0 Å². The molecule has 7 nitrogen and oxygen atoms in total. The molecule has 0 amide bonds. The molecule has 4 rings (SSSR count). The van der Waals surface area contributed by atoms with Crippen molar-refractivity contribution in [2.24, 2.45) is 4.99 Å². The number of aliphatic imine (C=N–C) groups is 1. The smallest absolute Gasteiger partial charge is 0.243 e. The highest BCUT2D eigenvalue weighted by Gasteiger charge is 2.41. The molecule has 2 N–H and O–H groups in total. The van der Waals surface area contributed by atoms with Gasteiger partial charge in [-0.3, -0.25) is 0 Å². The van der Waals surface area contributed by atoms with Gasteiger partial charge in [0.05, 0.1) is 29.7 Å². The highest BCUT2D eigenvalue weighted by atomic mass is 32.2. The summed E-state index contributed by atoms with van der Waals surface area (Å²) in [4.78, 5) is 5.06. The number of nitrogens with one attached hydrogen (secondary N) is 2. The summed E-state index contributed by atoms with van der Waals surface area (Å²) >= 11 is 0. The van der Waals surface area contributed by atoms with Crippen molar-refractivity contribution < 1.29 is 13.2 Å². The Balaban J connectivity index is 1.44. The summed E-state index contributed by atoms with van der Waals surface area (Å²) in [5, 5.41) is 6.80. The van der Waals surface area contributed by atoms with Gasteiger partial charge in [0.25, 0.3) is 0 Å². The normalized spacial score (nSPS) is 27.9. The maximum absolute atomic E-state index is 12.9. The van der Waals surface area contributed by atoms with Crippen molar-refractivity contribution in [2.45, 2.75) is 75.1 Å². The molecular formula is C21H32N4O3S. The number of hydrogen-bond donors (Lipinski definition) is 2. The molecule has 1 aromatic rings. The fourth-order valence-electron chi connectivity index (χ4n) is 4.51. The second kappa shape index (κ2) is 9.02. The average Bonchev–Trinajstić information content (AvgIpc) is 3.36. The quantitative estimate of drug-likeness (QED) is 0.545. The Morgan fingerprint density at radius 3 is 2.76 bits per heavy atom. The summed E-state index contributed by atoms with van der Waals surface area (Å²) in [6.45, 7) is 4.48. The van der Waals surface area contributed by atoms with Gasteiger partial charge < -0.3 is 15.4 Å². The second-order valence-electron chi connectivity index (χ2n) is 8.17. The van der Waals surface area contributed by atoms with E-state index in [0.717, 1.165) is 56.6 Å². The Bertz CT molecular complexity index is 836. The molecule has 1 aromatic carbocycles. The van der Waals surface area contributed by atoms with E-state index >= 15 is 0 Å². The number of ether oxygens (including phenoxy) is 1. The van der Waals surface area contributed by atoms with Crippen molar-refractivity contribution in [1.29, 1.82) is 0 Å². The monoisotopic (exact) mass is 420 g/mol. The molecule has 0 radical (unpaired) electrons. The zero-order valence-electron chi connectivity index (χ0n) is 17.1. The lowest BCUT2D eigenvalue weighted by atomic mass is 9.96. The molecule has 3 unspecified atom stereocenters. The van der Waals surface area contributed by atoms with Gasteiger partial charge in [0.2, 0.25) is 10.0 Å². The molecule has 0 aromatic heterocycles. The number of benzene rings is 1. The van der Waals surface area contributed by atoms with E-state index in [9.17, 15) is 8.42 Å². The van der Waals surface area contributed by atoms with Gasteiger partial charge in [-0.25, -0.2) is 13.4 Å². The minimum absolute atomic E-state index is 0.280. The Morgan fingerprint density at radius 1 is 1.24 bits per heavy atom. The summed E-state index contributed by atoms with van der Waals surface area (Å²) in [5.74, 6) is 0.762. The summed E-state index contributed by atoms with van der Waals surface area (Å²) < 4.78 is 33.4. The van der Waals surface area contributed by atoms with Crippen LogP contribution in [0.3, 0.4) is 0 Å². The van der Waals surface area contributed by atoms with E-state index in [4.69, 9.17) is 9.73 Å². The van der Waals surface area contributed by atoms with Crippen LogP contribution in [-0.2, 0) is 21.3 Å². The van der Waals surface area contributed by atoms with Gasteiger partial charge in [0.15, 0.2) is 5.96 Å². The van der Waals surface area contributed by atoms with Crippen molar-refractivity contribution in [3.63, 3.8) is 0 Å². The van der Waals surface area contributed by atoms with Crippen LogP contribution in [0.25, 0.3) is 0 Å². The zero-order chi connectivity index (χ0) is 20.3. The minimum Gasteiger partial charge on any atom is -0.373 e. The van der Waals surface area contributed by atoms with Gasteiger partial charge in [-0.15, -0.1) is 0 Å². The first-order valence-electron chi connectivity index (χ1n) is 10.9. The van der Waals surface area contributed by atoms with Gasteiger partial charge in [0.1, 0.15) is 0 Å². The summed E-state index contributed by atoms with van der Waals surface area (Å²) in [6.07, 6.45) is 6.94. The van der Waals surface area contributed by atoms with Crippen LogP contribution in [-0.4, -0.2) is 56.6 Å². The predicted molar refractivity (Wildman–Crippen MR) is 113 cm³/mol. The fraction of sp³-hybridized carbons (Fsp3) is 0.667. The first kappa shape index (κ1) is 20.6. The molecular weight excluding hydrogens is 388 g/mol. The molecule has 160 valence electrons. The summed E-state index contributed by atoms with van der Waals surface area (Å²) in [6, 6.07) is 7.50. The summed E-state index contributed by atoms with van der Waals surface area (Å²) in [7, 11) is -3.42. The molecule has 3 saturated heterocycles. The highest BCUT2D eigenvalue weighted by Crippen LogP contribution is 2.34. The fourth-order valence-corrected chi connectivity index (χ4v) is 6.10. The first-order chi connectivity index (χ1) is 14.1. The minimum atomic E-state index is -3.42. The van der Waals surface area contributed by atoms with E-state index in [2.05, 4.69) is 10.6 Å². The highest BCUT2D eigenvalue weighted by molar-refractivity contribution is 7.89. The Kier molecular flexibility index (Phi) is 6.41. The molecule has 0 spiro atoms. The van der Waals surface area contributed by atoms with Crippen LogP contribution in [0.15, 0.2) is 34.2 Å². The number of nitrogens with zero attached hydrogens (tertiary/aromatic N) is 2. The number of guanidine groups is 1. The second-order valence-corrected chi connectivity index (χ2v) is 10.1. The van der Waals surface area contributed by atoms with Crippen LogP contribution < -0.4 is 10.6 Å². The number of hydrogen-bond acceptors (Lipinski definition) is 4. The molecule has 0 saturated carbocycles. The van der Waals surface area contributed by atoms with Crippen LogP contribution in [0.5, 0.6) is 0 Å². The van der Waals surface area contributed by atoms with Crippen molar-refractivity contribution in [1.82, 2.24) is 14.9 Å². The lowest BCUT2D eigenvalue weighted by molar-refractivity contribution is 0.0992. The molecule has 2 bridgehead atoms. The molecule has 3 heterocycles. The molecule has 0 aliphatic carbocycles. The third-order valence-electron chi connectivity index (χ3n) is 6.04. The topological polar surface area (TPSA) is 83.0 Å². The van der Waals surface area contributed by atoms with E-state index < -0.39 is 10.0 Å². The Hall–Kier alpha value is -1.64. The Morgan fingerprint density at radius 2 is 2.07 bits per heavy atom. The van der Waals surface area contributed by atoms with Crippen molar-refractivity contribution >= 4 is 16.0 Å². The Labute approximate surface area is 174 Å². The molecule has 3 atom stereocenters. The van der Waals surface area contributed by atoms with Crippen molar-refractivity contribution in [3.05, 3.63) is 29.8 Å². The third kappa shape index (κ3) is 4.75. The lowest BCUT2D eigenvalue weighted by Crippen LogP contribution is -2.47. The van der Waals surface area contributed by atoms with E-state index in [1.165, 1.54) is 0 Å². The number of piperidine rings is 1. The van der Waals surface area contributed by atoms with E-state index in [0.29, 0.717) is 36.7 Å². The van der Waals surface area contributed by atoms with E-state index in [-0.39, 0.29) is 6.10 Å². The van der Waals surface area contributed by atoms with Crippen LogP contribution in [0.1, 0.15) is 51.0 Å². The van der Waals surface area contributed by atoms with Crippen LogP contribution in [0, 0.1) is 0 Å². The van der Waals surface area contributed by atoms with Gasteiger partial charge >= 0.3 is 0 Å². The first-order valence-corrected chi connectivity index (χ1v) is 12.3. The van der Waals surface area contributed by atoms with Gasteiger partial charge in [-0.1, -0.05) is 18.6 Å². The van der Waals surface area contributed by atoms with Gasteiger partial charge in [-0.2, -0.15) is 4.31 Å². The lowest BCUT2D eigenvalue weighted by Gasteiger charge is -2.26. The summed E-state index contributed by atoms with van der Waals surface area (Å²) in [5.41, 5.74) is 0.893. The molecule has 3 fully saturated rings. The maximum atomic E-state index is 12.9. The van der Waals surface area contributed by atoms with Crippen LogP contribution >= 0.6 is 0 Å². The van der Waals surface area contributed by atoms with E-state index in [1.54, 1.807) is 16.4 Å². The largest absolute Gasteiger partial charge is 0.373 e. The predicted octanol–water partition coefficient (Wildman–Crippen LogP) is 2.24. The number of sulfonamides is 1. The van der Waals surface area contributed by atoms with E-state index in [1.807, 2.05) is 19.1 Å². The third-order valence-corrected chi connectivity index (χ3v) is 7.94. The maximum Gasteiger partial charge on any atom is 0.243 e. The SMILES string of the molecule is CCNC(=NCc1cccc(S(=O)(=O)N2CCCCC2)c1)NC1CC2CCC1O2. The van der Waals surface area contributed by atoms with Crippen molar-refractivity contribution in [2.75, 3.05) is 19.6 Å².